The number of hydrogen-bond donors (Lipinski definition) is 1. The van der Waals surface area contributed by atoms with Crippen molar-refractivity contribution in [3.63, 3.8) is 0 Å². The first-order valence-electron chi connectivity index (χ1n) is 6.21. The molecule has 0 saturated carbocycles. The molecule has 1 aromatic rings. The average Bonchev–Trinajstić information content (AvgIpc) is 2.69. The number of nitrogens with two attached hydrogens (primary N) is 1. The highest BCUT2D eigenvalue weighted by atomic mass is 16.5. The molecule has 1 heterocycles. The summed E-state index contributed by atoms with van der Waals surface area (Å²) in [5.74, 6) is -0.383. The summed E-state index contributed by atoms with van der Waals surface area (Å²) < 4.78 is 4.75. The lowest BCUT2D eigenvalue weighted by Crippen LogP contribution is -2.38. The van der Waals surface area contributed by atoms with Gasteiger partial charge in [-0.25, -0.2) is 4.79 Å². The zero-order valence-electron chi connectivity index (χ0n) is 11.2. The van der Waals surface area contributed by atoms with E-state index < -0.39 is 0 Å². The second-order valence-corrected chi connectivity index (χ2v) is 5.33. The Morgan fingerprint density at radius 1 is 1.44 bits per heavy atom. The monoisotopic (exact) mass is 248 g/mol. The van der Waals surface area contributed by atoms with Crippen molar-refractivity contribution in [3.05, 3.63) is 23.8 Å². The van der Waals surface area contributed by atoms with Crippen LogP contribution in [-0.2, 0) is 4.74 Å². The van der Waals surface area contributed by atoms with Gasteiger partial charge in [-0.05, 0) is 44.9 Å². The van der Waals surface area contributed by atoms with Crippen LogP contribution in [0.25, 0.3) is 0 Å². The summed E-state index contributed by atoms with van der Waals surface area (Å²) in [5.41, 5.74) is 7.88. The molecule has 0 atom stereocenters. The number of rotatable bonds is 2. The van der Waals surface area contributed by atoms with Crippen molar-refractivity contribution in [1.29, 1.82) is 0 Å². The van der Waals surface area contributed by atoms with Gasteiger partial charge >= 0.3 is 5.97 Å². The van der Waals surface area contributed by atoms with Gasteiger partial charge < -0.3 is 15.4 Å². The molecule has 0 amide bonds. The number of methoxy groups -OCH3 is 1. The van der Waals surface area contributed by atoms with Crippen LogP contribution in [0.1, 0.15) is 37.0 Å². The molecule has 0 bridgehead atoms. The van der Waals surface area contributed by atoms with Crippen LogP contribution < -0.4 is 10.6 Å². The molecule has 2 N–H and O–H groups in total. The number of esters is 1. The van der Waals surface area contributed by atoms with Gasteiger partial charge in [0.05, 0.1) is 12.7 Å². The van der Waals surface area contributed by atoms with Crippen molar-refractivity contribution in [2.45, 2.75) is 32.2 Å². The molecule has 0 radical (unpaired) electrons. The lowest BCUT2D eigenvalue weighted by atomic mass is 10.0. The maximum Gasteiger partial charge on any atom is 0.340 e. The fraction of sp³-hybridized carbons (Fsp3) is 0.500. The topological polar surface area (TPSA) is 55.6 Å². The predicted octanol–water partition coefficient (Wildman–Crippen LogP) is 2.43. The van der Waals surface area contributed by atoms with E-state index in [1.54, 1.807) is 6.07 Å². The molecule has 18 heavy (non-hydrogen) atoms. The highest BCUT2D eigenvalue weighted by Crippen LogP contribution is 2.34. The Bertz CT molecular complexity index is 469. The lowest BCUT2D eigenvalue weighted by molar-refractivity contribution is 0.0602. The second-order valence-electron chi connectivity index (χ2n) is 5.33. The average molecular weight is 248 g/mol. The van der Waals surface area contributed by atoms with E-state index in [0.29, 0.717) is 11.3 Å². The fourth-order valence-corrected chi connectivity index (χ4v) is 2.58. The van der Waals surface area contributed by atoms with Crippen molar-refractivity contribution >= 4 is 17.3 Å². The van der Waals surface area contributed by atoms with Crippen molar-refractivity contribution in [2.75, 3.05) is 24.3 Å². The minimum atomic E-state index is -0.383. The Labute approximate surface area is 108 Å². The summed E-state index contributed by atoms with van der Waals surface area (Å²) in [6, 6.07) is 5.57. The summed E-state index contributed by atoms with van der Waals surface area (Å²) in [6.45, 7) is 5.44. The highest BCUT2D eigenvalue weighted by molar-refractivity contribution is 5.96. The van der Waals surface area contributed by atoms with Gasteiger partial charge in [-0.15, -0.1) is 0 Å². The van der Waals surface area contributed by atoms with Gasteiger partial charge in [0.15, 0.2) is 0 Å². The lowest BCUT2D eigenvalue weighted by Gasteiger charge is -2.34. The molecule has 1 aliphatic heterocycles. The standard InChI is InChI=1S/C14H20N2O2/c1-14(2)7-4-8-16(14)10-5-6-12(15)11(9-10)13(17)18-3/h5-6,9H,4,7-8,15H2,1-3H3. The van der Waals surface area contributed by atoms with Crippen LogP contribution in [-0.4, -0.2) is 25.2 Å². The van der Waals surface area contributed by atoms with Gasteiger partial charge in [0.2, 0.25) is 0 Å². The maximum atomic E-state index is 11.6. The number of hydrogen-bond acceptors (Lipinski definition) is 4. The van der Waals surface area contributed by atoms with Crippen molar-refractivity contribution in [3.8, 4) is 0 Å². The van der Waals surface area contributed by atoms with Crippen molar-refractivity contribution in [2.24, 2.45) is 0 Å². The molecule has 0 spiro atoms. The second kappa shape index (κ2) is 4.52. The van der Waals surface area contributed by atoms with Gasteiger partial charge in [-0.1, -0.05) is 0 Å². The molecule has 2 rings (SSSR count). The van der Waals surface area contributed by atoms with E-state index in [1.807, 2.05) is 12.1 Å². The van der Waals surface area contributed by atoms with Gasteiger partial charge in [0.1, 0.15) is 0 Å². The molecule has 1 fully saturated rings. The molecular weight excluding hydrogens is 228 g/mol. The fourth-order valence-electron chi connectivity index (χ4n) is 2.58. The summed E-state index contributed by atoms with van der Waals surface area (Å²) in [5, 5.41) is 0. The number of carbonyl (C=O) groups excluding carboxylic acids is 1. The van der Waals surface area contributed by atoms with E-state index in [-0.39, 0.29) is 11.5 Å². The number of benzene rings is 1. The van der Waals surface area contributed by atoms with E-state index in [2.05, 4.69) is 18.7 Å². The third-order valence-electron chi connectivity index (χ3n) is 3.65. The first-order chi connectivity index (χ1) is 8.45. The van der Waals surface area contributed by atoms with Gasteiger partial charge in [-0.3, -0.25) is 0 Å². The van der Waals surface area contributed by atoms with Gasteiger partial charge in [0.25, 0.3) is 0 Å². The van der Waals surface area contributed by atoms with Crippen LogP contribution in [0.2, 0.25) is 0 Å². The molecule has 1 saturated heterocycles. The Hall–Kier alpha value is -1.71. The molecule has 4 heteroatoms. The molecular formula is C14H20N2O2. The smallest absolute Gasteiger partial charge is 0.340 e. The number of ether oxygens (including phenoxy) is 1. The number of nitrogen functional groups attached to an aromatic ring is 1. The number of anilines is 2. The van der Waals surface area contributed by atoms with Crippen molar-refractivity contribution < 1.29 is 9.53 Å². The highest BCUT2D eigenvalue weighted by Gasteiger charge is 2.32. The number of carbonyl (C=O) groups is 1. The van der Waals surface area contributed by atoms with Crippen LogP contribution in [0.4, 0.5) is 11.4 Å². The molecule has 98 valence electrons. The minimum absolute atomic E-state index is 0.128. The van der Waals surface area contributed by atoms with Crippen molar-refractivity contribution in [1.82, 2.24) is 0 Å². The SMILES string of the molecule is COC(=O)c1cc(N2CCCC2(C)C)ccc1N. The molecule has 0 aliphatic carbocycles. The summed E-state index contributed by atoms with van der Waals surface area (Å²) in [4.78, 5) is 14.0. The molecule has 0 unspecified atom stereocenters. The normalized spacial score (nSPS) is 17.8. The predicted molar refractivity (Wildman–Crippen MR) is 72.9 cm³/mol. The zero-order valence-corrected chi connectivity index (χ0v) is 11.2. The Morgan fingerprint density at radius 2 is 2.17 bits per heavy atom. The van der Waals surface area contributed by atoms with Gasteiger partial charge in [-0.2, -0.15) is 0 Å². The molecule has 1 aromatic carbocycles. The summed E-state index contributed by atoms with van der Waals surface area (Å²) in [7, 11) is 1.37. The van der Waals surface area contributed by atoms with E-state index in [0.717, 1.165) is 18.7 Å². The van der Waals surface area contributed by atoms with Crippen LogP contribution in [0.5, 0.6) is 0 Å². The third kappa shape index (κ3) is 2.15. The summed E-state index contributed by atoms with van der Waals surface area (Å²) >= 11 is 0. The van der Waals surface area contributed by atoms with E-state index in [1.165, 1.54) is 13.5 Å². The first-order valence-corrected chi connectivity index (χ1v) is 6.21. The first kappa shape index (κ1) is 12.7. The van der Waals surface area contributed by atoms with Gasteiger partial charge in [0, 0.05) is 23.5 Å². The zero-order chi connectivity index (χ0) is 13.3. The number of nitrogens with zero attached hydrogens (tertiary/aromatic N) is 1. The Balaban J connectivity index is 2.38. The van der Waals surface area contributed by atoms with Crippen LogP contribution in [0.3, 0.4) is 0 Å². The molecule has 1 aliphatic rings. The Kier molecular flexibility index (Phi) is 3.20. The summed E-state index contributed by atoms with van der Waals surface area (Å²) in [6.07, 6.45) is 2.33. The Morgan fingerprint density at radius 3 is 2.72 bits per heavy atom. The molecule has 4 nitrogen and oxygen atoms in total. The minimum Gasteiger partial charge on any atom is -0.465 e. The van der Waals surface area contributed by atoms with Crippen LogP contribution in [0.15, 0.2) is 18.2 Å². The van der Waals surface area contributed by atoms with Crippen LogP contribution >= 0.6 is 0 Å². The van der Waals surface area contributed by atoms with E-state index >= 15 is 0 Å². The van der Waals surface area contributed by atoms with Crippen LogP contribution in [0, 0.1) is 0 Å². The maximum absolute atomic E-state index is 11.6. The largest absolute Gasteiger partial charge is 0.465 e. The van der Waals surface area contributed by atoms with E-state index in [9.17, 15) is 4.79 Å². The molecule has 0 aromatic heterocycles. The van der Waals surface area contributed by atoms with E-state index in [4.69, 9.17) is 10.5 Å². The quantitative estimate of drug-likeness (QED) is 0.645. The third-order valence-corrected chi connectivity index (χ3v) is 3.65.